The average molecular weight is 357 g/mol. The number of carbonyl (C=O) groups is 2. The van der Waals surface area contributed by atoms with E-state index in [4.69, 9.17) is 0 Å². The zero-order chi connectivity index (χ0) is 19.2. The van der Waals surface area contributed by atoms with Gasteiger partial charge in [-0.2, -0.15) is 0 Å². The maximum Gasteiger partial charge on any atom is 0.264 e. The quantitative estimate of drug-likeness (QED) is 0.710. The SMILES string of the molecule is Cc1ccc(C(=O)N2C(=O)c3ccccc3C2(O)c2ccc(C)cc2)cc1. The number of nitrogens with zero attached hydrogens (tertiary/aromatic N) is 1. The number of imide groups is 1. The molecule has 1 N–H and O–H groups in total. The van der Waals surface area contributed by atoms with E-state index in [1.165, 1.54) is 0 Å². The van der Waals surface area contributed by atoms with Crippen LogP contribution in [0.5, 0.6) is 0 Å². The van der Waals surface area contributed by atoms with Crippen LogP contribution in [0.25, 0.3) is 0 Å². The standard InChI is InChI=1S/C23H19NO3/c1-15-7-11-17(12-8-15)21(25)24-22(26)19-5-3-4-6-20(19)23(24,27)18-13-9-16(2)10-14-18/h3-14,27H,1-2H3. The molecule has 2 amide bonds. The van der Waals surface area contributed by atoms with Gasteiger partial charge in [0.05, 0.1) is 0 Å². The number of benzene rings is 3. The number of rotatable bonds is 2. The van der Waals surface area contributed by atoms with E-state index in [-0.39, 0.29) is 0 Å². The molecule has 27 heavy (non-hydrogen) atoms. The second kappa shape index (κ2) is 6.18. The predicted octanol–water partition coefficient (Wildman–Crippen LogP) is 3.79. The lowest BCUT2D eigenvalue weighted by molar-refractivity contribution is -0.0362. The first-order valence-electron chi connectivity index (χ1n) is 8.77. The van der Waals surface area contributed by atoms with Crippen molar-refractivity contribution in [2.24, 2.45) is 0 Å². The largest absolute Gasteiger partial charge is 0.363 e. The Morgan fingerprint density at radius 2 is 1.41 bits per heavy atom. The Labute approximate surface area is 157 Å². The molecule has 3 aromatic rings. The number of carbonyl (C=O) groups excluding carboxylic acids is 2. The van der Waals surface area contributed by atoms with Gasteiger partial charge >= 0.3 is 0 Å². The van der Waals surface area contributed by atoms with Crippen molar-refractivity contribution in [3.8, 4) is 0 Å². The summed E-state index contributed by atoms with van der Waals surface area (Å²) in [6, 6.07) is 21.0. The Bertz CT molecular complexity index is 1040. The minimum Gasteiger partial charge on any atom is -0.363 e. The van der Waals surface area contributed by atoms with Crippen LogP contribution in [0.3, 0.4) is 0 Å². The molecule has 4 heteroatoms. The third kappa shape index (κ3) is 2.57. The Morgan fingerprint density at radius 3 is 2.04 bits per heavy atom. The molecule has 0 bridgehead atoms. The molecule has 0 saturated carbocycles. The lowest BCUT2D eigenvalue weighted by Crippen LogP contribution is -2.48. The van der Waals surface area contributed by atoms with Gasteiger partial charge in [0.1, 0.15) is 0 Å². The summed E-state index contributed by atoms with van der Waals surface area (Å²) < 4.78 is 0. The van der Waals surface area contributed by atoms with E-state index in [9.17, 15) is 14.7 Å². The lowest BCUT2D eigenvalue weighted by Gasteiger charge is -2.33. The van der Waals surface area contributed by atoms with Crippen LogP contribution in [-0.2, 0) is 5.72 Å². The van der Waals surface area contributed by atoms with Crippen molar-refractivity contribution in [1.29, 1.82) is 0 Å². The molecule has 1 aliphatic rings. The third-order valence-corrected chi connectivity index (χ3v) is 5.02. The zero-order valence-electron chi connectivity index (χ0n) is 15.1. The first-order chi connectivity index (χ1) is 12.9. The van der Waals surface area contributed by atoms with Gasteiger partial charge in [-0.1, -0.05) is 65.7 Å². The summed E-state index contributed by atoms with van der Waals surface area (Å²) in [5.74, 6) is -1.03. The molecule has 0 radical (unpaired) electrons. The summed E-state index contributed by atoms with van der Waals surface area (Å²) in [5.41, 5.74) is 1.77. The summed E-state index contributed by atoms with van der Waals surface area (Å²) in [7, 11) is 0. The van der Waals surface area contributed by atoms with Crippen LogP contribution in [-0.4, -0.2) is 21.8 Å². The molecular formula is C23H19NO3. The fourth-order valence-electron chi connectivity index (χ4n) is 3.50. The molecule has 1 heterocycles. The van der Waals surface area contributed by atoms with E-state index in [1.807, 2.05) is 38.1 Å². The van der Waals surface area contributed by atoms with Crippen LogP contribution >= 0.6 is 0 Å². The highest BCUT2D eigenvalue weighted by molar-refractivity contribution is 6.14. The summed E-state index contributed by atoms with van der Waals surface area (Å²) in [6.45, 7) is 3.87. The number of amides is 2. The fraction of sp³-hybridized carbons (Fsp3) is 0.130. The van der Waals surface area contributed by atoms with Crippen molar-refractivity contribution in [2.75, 3.05) is 0 Å². The molecule has 0 fully saturated rings. The monoisotopic (exact) mass is 357 g/mol. The maximum atomic E-state index is 13.2. The first-order valence-corrected chi connectivity index (χ1v) is 8.77. The van der Waals surface area contributed by atoms with Crippen molar-refractivity contribution >= 4 is 11.8 Å². The van der Waals surface area contributed by atoms with Crippen molar-refractivity contribution < 1.29 is 14.7 Å². The number of hydrogen-bond acceptors (Lipinski definition) is 3. The zero-order valence-corrected chi connectivity index (χ0v) is 15.1. The van der Waals surface area contributed by atoms with Gasteiger partial charge in [0, 0.05) is 22.3 Å². The number of hydrogen-bond donors (Lipinski definition) is 1. The molecule has 0 spiro atoms. The molecule has 4 rings (SSSR count). The highest BCUT2D eigenvalue weighted by Crippen LogP contribution is 2.43. The maximum absolute atomic E-state index is 13.2. The van der Waals surface area contributed by atoms with Crippen LogP contribution in [0, 0.1) is 13.8 Å². The van der Waals surface area contributed by atoms with Gasteiger partial charge in [-0.25, -0.2) is 4.90 Å². The molecule has 1 unspecified atom stereocenters. The molecular weight excluding hydrogens is 338 g/mol. The van der Waals surface area contributed by atoms with Crippen LogP contribution in [0.15, 0.2) is 72.8 Å². The molecule has 1 atom stereocenters. The van der Waals surface area contributed by atoms with Gasteiger partial charge in [-0.3, -0.25) is 9.59 Å². The van der Waals surface area contributed by atoms with Gasteiger partial charge in [0.25, 0.3) is 11.8 Å². The minimum atomic E-state index is -1.84. The summed E-state index contributed by atoms with van der Waals surface area (Å²) in [4.78, 5) is 27.3. The molecule has 4 nitrogen and oxygen atoms in total. The van der Waals surface area contributed by atoms with Crippen LogP contribution < -0.4 is 0 Å². The molecule has 134 valence electrons. The molecule has 0 aromatic heterocycles. The van der Waals surface area contributed by atoms with Crippen LogP contribution in [0.4, 0.5) is 0 Å². The minimum absolute atomic E-state index is 0.334. The van der Waals surface area contributed by atoms with E-state index in [0.717, 1.165) is 16.0 Å². The fourth-order valence-corrected chi connectivity index (χ4v) is 3.50. The summed E-state index contributed by atoms with van der Waals surface area (Å²) >= 11 is 0. The normalized spacial score (nSPS) is 18.5. The van der Waals surface area contributed by atoms with E-state index >= 15 is 0 Å². The lowest BCUT2D eigenvalue weighted by atomic mass is 9.93. The smallest absolute Gasteiger partial charge is 0.264 e. The van der Waals surface area contributed by atoms with E-state index < -0.39 is 17.5 Å². The third-order valence-electron chi connectivity index (χ3n) is 5.02. The summed E-state index contributed by atoms with van der Waals surface area (Å²) in [6.07, 6.45) is 0. The average Bonchev–Trinajstić information content (AvgIpc) is 2.91. The topological polar surface area (TPSA) is 57.6 Å². The van der Waals surface area contributed by atoms with Gasteiger partial charge in [-0.05, 0) is 32.0 Å². The van der Waals surface area contributed by atoms with Crippen LogP contribution in [0.2, 0.25) is 0 Å². The van der Waals surface area contributed by atoms with Crippen LogP contribution in [0.1, 0.15) is 43.0 Å². The summed E-state index contributed by atoms with van der Waals surface area (Å²) in [5, 5.41) is 11.7. The van der Waals surface area contributed by atoms with Gasteiger partial charge in [0.15, 0.2) is 0 Å². The number of fused-ring (bicyclic) bond motifs is 1. The van der Waals surface area contributed by atoms with E-state index in [1.54, 1.807) is 48.5 Å². The molecule has 0 saturated heterocycles. The predicted molar refractivity (Wildman–Crippen MR) is 102 cm³/mol. The van der Waals surface area contributed by atoms with Gasteiger partial charge < -0.3 is 5.11 Å². The van der Waals surface area contributed by atoms with Crippen molar-refractivity contribution in [2.45, 2.75) is 19.6 Å². The number of aryl methyl sites for hydroxylation is 2. The van der Waals surface area contributed by atoms with Crippen molar-refractivity contribution in [3.63, 3.8) is 0 Å². The highest BCUT2D eigenvalue weighted by Gasteiger charge is 2.53. The second-order valence-corrected chi connectivity index (χ2v) is 6.90. The Balaban J connectivity index is 1.91. The van der Waals surface area contributed by atoms with Gasteiger partial charge in [-0.15, -0.1) is 0 Å². The second-order valence-electron chi connectivity index (χ2n) is 6.90. The molecule has 1 aliphatic heterocycles. The highest BCUT2D eigenvalue weighted by atomic mass is 16.3. The number of aliphatic hydroxyl groups is 1. The van der Waals surface area contributed by atoms with E-state index in [0.29, 0.717) is 22.3 Å². The molecule has 3 aromatic carbocycles. The van der Waals surface area contributed by atoms with Gasteiger partial charge in [0.2, 0.25) is 5.72 Å². The Hall–Kier alpha value is -3.24. The Kier molecular flexibility index (Phi) is 3.93. The first kappa shape index (κ1) is 17.2. The molecule has 0 aliphatic carbocycles. The Morgan fingerprint density at radius 1 is 0.852 bits per heavy atom. The van der Waals surface area contributed by atoms with Crippen molar-refractivity contribution in [3.05, 3.63) is 106 Å². The van der Waals surface area contributed by atoms with E-state index in [2.05, 4.69) is 0 Å². The van der Waals surface area contributed by atoms with Crippen molar-refractivity contribution in [1.82, 2.24) is 4.90 Å².